The summed E-state index contributed by atoms with van der Waals surface area (Å²) < 4.78 is 12.7. The van der Waals surface area contributed by atoms with Crippen LogP contribution in [0.1, 0.15) is 39.0 Å². The van der Waals surface area contributed by atoms with Gasteiger partial charge in [-0.05, 0) is 37.1 Å². The Hall–Kier alpha value is -1.38. The summed E-state index contributed by atoms with van der Waals surface area (Å²) in [6.07, 6.45) is 5.35. The molecule has 1 amide bonds. The average molecular weight is 235 g/mol. The molecule has 92 valence electrons. The molecule has 1 aliphatic rings. The third-order valence-electron chi connectivity index (χ3n) is 3.61. The summed E-state index contributed by atoms with van der Waals surface area (Å²) in [6.45, 7) is 2.02. The van der Waals surface area contributed by atoms with Gasteiger partial charge in [-0.1, -0.05) is 26.2 Å². The highest BCUT2D eigenvalue weighted by molar-refractivity contribution is 5.95. The summed E-state index contributed by atoms with van der Waals surface area (Å²) >= 11 is 0. The summed E-state index contributed by atoms with van der Waals surface area (Å²) in [7, 11) is 0. The molecule has 0 aromatic heterocycles. The van der Waals surface area contributed by atoms with E-state index in [1.54, 1.807) is 12.1 Å². The third kappa shape index (κ3) is 2.84. The van der Waals surface area contributed by atoms with Crippen molar-refractivity contribution < 1.29 is 9.18 Å². The van der Waals surface area contributed by atoms with Gasteiger partial charge >= 0.3 is 0 Å². The lowest BCUT2D eigenvalue weighted by Crippen LogP contribution is -2.35. The van der Waals surface area contributed by atoms with Crippen LogP contribution in [0.5, 0.6) is 0 Å². The second-order valence-corrected chi connectivity index (χ2v) is 5.08. The molecule has 1 aromatic rings. The number of carbonyl (C=O) groups is 1. The monoisotopic (exact) mass is 235 g/mol. The number of rotatable bonds is 2. The average Bonchev–Trinajstić information content (AvgIpc) is 2.33. The molecule has 1 N–H and O–H groups in total. The van der Waals surface area contributed by atoms with Gasteiger partial charge in [-0.15, -0.1) is 0 Å². The second-order valence-electron chi connectivity index (χ2n) is 5.08. The number of halogens is 1. The predicted octanol–water partition coefficient (Wildman–Crippen LogP) is 3.73. The van der Waals surface area contributed by atoms with Crippen molar-refractivity contribution in [3.05, 3.63) is 30.1 Å². The first-order valence-electron chi connectivity index (χ1n) is 6.17. The van der Waals surface area contributed by atoms with E-state index in [9.17, 15) is 9.18 Å². The van der Waals surface area contributed by atoms with Crippen molar-refractivity contribution in [3.8, 4) is 0 Å². The Labute approximate surface area is 101 Å². The molecule has 17 heavy (non-hydrogen) atoms. The first kappa shape index (κ1) is 12.1. The molecule has 1 fully saturated rings. The van der Waals surface area contributed by atoms with Crippen molar-refractivity contribution in [1.82, 2.24) is 0 Å². The molecule has 0 radical (unpaired) electrons. The maximum absolute atomic E-state index is 12.7. The van der Waals surface area contributed by atoms with E-state index >= 15 is 0 Å². The third-order valence-corrected chi connectivity index (χ3v) is 3.61. The number of anilines is 1. The number of nitrogens with one attached hydrogen (secondary N) is 1. The first-order valence-corrected chi connectivity index (χ1v) is 6.17. The normalized spacial score (nSPS) is 18.7. The minimum Gasteiger partial charge on any atom is -0.326 e. The van der Waals surface area contributed by atoms with Crippen LogP contribution in [0.4, 0.5) is 10.1 Å². The summed E-state index contributed by atoms with van der Waals surface area (Å²) in [6, 6.07) is 5.91. The molecule has 1 aromatic carbocycles. The van der Waals surface area contributed by atoms with Gasteiger partial charge < -0.3 is 5.32 Å². The Bertz CT molecular complexity index is 393. The van der Waals surface area contributed by atoms with Gasteiger partial charge in [-0.3, -0.25) is 4.79 Å². The van der Waals surface area contributed by atoms with Crippen molar-refractivity contribution >= 4 is 11.6 Å². The van der Waals surface area contributed by atoms with Gasteiger partial charge in [0.2, 0.25) is 5.91 Å². The molecule has 1 aliphatic carbocycles. The molecular formula is C14H18FNO. The van der Waals surface area contributed by atoms with Crippen molar-refractivity contribution in [2.24, 2.45) is 5.41 Å². The Morgan fingerprint density at radius 2 is 1.76 bits per heavy atom. The zero-order chi connectivity index (χ0) is 12.3. The van der Waals surface area contributed by atoms with Crippen LogP contribution in [-0.4, -0.2) is 5.91 Å². The fourth-order valence-corrected chi connectivity index (χ4v) is 2.37. The van der Waals surface area contributed by atoms with Crippen molar-refractivity contribution in [2.45, 2.75) is 39.0 Å². The number of carbonyl (C=O) groups excluding carboxylic acids is 1. The molecule has 0 atom stereocenters. The fourth-order valence-electron chi connectivity index (χ4n) is 2.37. The van der Waals surface area contributed by atoms with E-state index in [1.165, 1.54) is 18.6 Å². The standard InChI is InChI=1S/C14H18FNO/c1-14(9-3-2-4-10-14)13(17)16-12-7-5-11(15)6-8-12/h5-8H,2-4,9-10H2,1H3,(H,16,17). The maximum Gasteiger partial charge on any atom is 0.230 e. The van der Waals surface area contributed by atoms with Gasteiger partial charge in [0.25, 0.3) is 0 Å². The summed E-state index contributed by atoms with van der Waals surface area (Å²) in [5, 5.41) is 2.87. The van der Waals surface area contributed by atoms with Crippen LogP contribution in [0.15, 0.2) is 24.3 Å². The Kier molecular flexibility index (Phi) is 3.46. The fraction of sp³-hybridized carbons (Fsp3) is 0.500. The molecule has 2 nitrogen and oxygen atoms in total. The van der Waals surface area contributed by atoms with Crippen LogP contribution in [0, 0.1) is 11.2 Å². The van der Waals surface area contributed by atoms with Crippen LogP contribution in [0.2, 0.25) is 0 Å². The topological polar surface area (TPSA) is 29.1 Å². The van der Waals surface area contributed by atoms with E-state index in [-0.39, 0.29) is 17.1 Å². The molecule has 2 rings (SSSR count). The van der Waals surface area contributed by atoms with Gasteiger partial charge in [0.1, 0.15) is 5.82 Å². The summed E-state index contributed by atoms with van der Waals surface area (Å²) in [4.78, 5) is 12.2. The van der Waals surface area contributed by atoms with Gasteiger partial charge in [-0.2, -0.15) is 0 Å². The van der Waals surface area contributed by atoms with Crippen LogP contribution < -0.4 is 5.32 Å². The SMILES string of the molecule is CC1(C(=O)Nc2ccc(F)cc2)CCCCC1. The van der Waals surface area contributed by atoms with E-state index in [4.69, 9.17) is 0 Å². The molecule has 3 heteroatoms. The van der Waals surface area contributed by atoms with Gasteiger partial charge in [0.05, 0.1) is 0 Å². The summed E-state index contributed by atoms with van der Waals surface area (Å²) in [5.41, 5.74) is 0.412. The molecule has 0 spiro atoms. The highest BCUT2D eigenvalue weighted by atomic mass is 19.1. The van der Waals surface area contributed by atoms with Gasteiger partial charge in [-0.25, -0.2) is 4.39 Å². The van der Waals surface area contributed by atoms with E-state index < -0.39 is 0 Å². The largest absolute Gasteiger partial charge is 0.326 e. The minimum atomic E-state index is -0.285. The highest BCUT2D eigenvalue weighted by Gasteiger charge is 2.34. The zero-order valence-electron chi connectivity index (χ0n) is 10.1. The van der Waals surface area contributed by atoms with Crippen LogP contribution in [0.25, 0.3) is 0 Å². The van der Waals surface area contributed by atoms with E-state index in [0.29, 0.717) is 5.69 Å². The Morgan fingerprint density at radius 1 is 1.18 bits per heavy atom. The molecule has 0 unspecified atom stereocenters. The summed E-state index contributed by atoms with van der Waals surface area (Å²) in [5.74, 6) is -0.226. The quantitative estimate of drug-likeness (QED) is 0.831. The van der Waals surface area contributed by atoms with Gasteiger partial charge in [0, 0.05) is 11.1 Å². The lowest BCUT2D eigenvalue weighted by atomic mass is 9.75. The van der Waals surface area contributed by atoms with Crippen LogP contribution >= 0.6 is 0 Å². The molecule has 0 bridgehead atoms. The van der Waals surface area contributed by atoms with E-state index in [2.05, 4.69) is 5.32 Å². The Balaban J connectivity index is 2.03. The molecule has 1 saturated carbocycles. The molecular weight excluding hydrogens is 217 g/mol. The minimum absolute atomic E-state index is 0.0591. The molecule has 0 aliphatic heterocycles. The second kappa shape index (κ2) is 4.86. The van der Waals surface area contributed by atoms with Crippen molar-refractivity contribution in [2.75, 3.05) is 5.32 Å². The first-order chi connectivity index (χ1) is 8.10. The van der Waals surface area contributed by atoms with Crippen molar-refractivity contribution in [3.63, 3.8) is 0 Å². The maximum atomic E-state index is 12.7. The highest BCUT2D eigenvalue weighted by Crippen LogP contribution is 2.36. The number of benzene rings is 1. The lowest BCUT2D eigenvalue weighted by Gasteiger charge is -2.31. The number of amides is 1. The smallest absolute Gasteiger partial charge is 0.230 e. The van der Waals surface area contributed by atoms with Gasteiger partial charge in [0.15, 0.2) is 0 Å². The molecule has 0 heterocycles. The van der Waals surface area contributed by atoms with Crippen LogP contribution in [0.3, 0.4) is 0 Å². The van der Waals surface area contributed by atoms with E-state index in [0.717, 1.165) is 25.7 Å². The number of hydrogen-bond acceptors (Lipinski definition) is 1. The lowest BCUT2D eigenvalue weighted by molar-refractivity contribution is -0.126. The predicted molar refractivity (Wildman–Crippen MR) is 66.2 cm³/mol. The van der Waals surface area contributed by atoms with Crippen molar-refractivity contribution in [1.29, 1.82) is 0 Å². The Morgan fingerprint density at radius 3 is 2.35 bits per heavy atom. The zero-order valence-corrected chi connectivity index (χ0v) is 10.1. The number of hydrogen-bond donors (Lipinski definition) is 1. The van der Waals surface area contributed by atoms with Crippen LogP contribution in [-0.2, 0) is 4.79 Å². The van der Waals surface area contributed by atoms with E-state index in [1.807, 2.05) is 6.92 Å². The molecule has 0 saturated heterocycles.